The molecule has 10 nitrogen and oxygen atoms in total. The van der Waals surface area contributed by atoms with E-state index in [1.165, 1.54) is 11.8 Å². The van der Waals surface area contributed by atoms with Crippen LogP contribution < -0.4 is 4.72 Å². The van der Waals surface area contributed by atoms with Gasteiger partial charge in [0.1, 0.15) is 0 Å². The Bertz CT molecular complexity index is 1820. The summed E-state index contributed by atoms with van der Waals surface area (Å²) in [5.41, 5.74) is 5.46. The van der Waals surface area contributed by atoms with Crippen molar-refractivity contribution in [3.05, 3.63) is 125 Å². The topological polar surface area (TPSA) is 128 Å². The van der Waals surface area contributed by atoms with Crippen LogP contribution in [0, 0.1) is 0 Å². The molecule has 3 atom stereocenters. The highest BCUT2D eigenvalue weighted by Gasteiger charge is 2.32. The van der Waals surface area contributed by atoms with E-state index in [1.807, 2.05) is 72.8 Å². The Labute approximate surface area is 266 Å². The van der Waals surface area contributed by atoms with Crippen LogP contribution in [0.4, 0.5) is 0 Å². The predicted molar refractivity (Wildman–Crippen MR) is 170 cm³/mol. The molecule has 0 radical (unpaired) electrons. The summed E-state index contributed by atoms with van der Waals surface area (Å²) in [6, 6.07) is 31.8. The predicted octanol–water partition coefficient (Wildman–Crippen LogP) is 5.19. The number of aryl methyl sites for hydroxylation is 1. The summed E-state index contributed by atoms with van der Waals surface area (Å²) >= 11 is 1.53. The quantitative estimate of drug-likeness (QED) is 0.187. The number of sulfonamides is 1. The van der Waals surface area contributed by atoms with E-state index in [4.69, 9.17) is 9.47 Å². The van der Waals surface area contributed by atoms with Crippen LogP contribution in [-0.2, 0) is 39.7 Å². The molecule has 45 heavy (non-hydrogen) atoms. The minimum Gasteiger partial charge on any atom is -0.392 e. The van der Waals surface area contributed by atoms with Crippen molar-refractivity contribution in [2.75, 3.05) is 5.75 Å². The summed E-state index contributed by atoms with van der Waals surface area (Å²) in [6.45, 7) is 0.137. The van der Waals surface area contributed by atoms with E-state index in [0.29, 0.717) is 17.3 Å². The second-order valence-electron chi connectivity index (χ2n) is 10.7. The maximum Gasteiger partial charge on any atom is 0.240 e. The zero-order valence-electron chi connectivity index (χ0n) is 24.6. The SMILES string of the molecule is Cn1nnnc1SCC1CC(c2ccc(CO)cc2)OC(c2ccc(-c3ccccc3CNS(=O)(=O)c3ccccc3)cc2)O1. The molecule has 1 saturated heterocycles. The standard InChI is InChI=1S/C33H33N5O5S2/c1-38-33(35-36-37-38)44-22-28-19-31(25-13-11-23(21-39)12-14-25)43-32(42-28)26-17-15-24(16-18-26)30-10-6-5-7-27(30)20-34-45(40,41)29-8-3-2-4-9-29/h2-18,28,31-32,34,39H,19-22H2,1H3. The van der Waals surface area contributed by atoms with E-state index in [9.17, 15) is 13.5 Å². The molecule has 2 N–H and O–H groups in total. The number of rotatable bonds is 11. The zero-order valence-corrected chi connectivity index (χ0v) is 26.2. The molecule has 1 aliphatic rings. The van der Waals surface area contributed by atoms with Crippen LogP contribution in [0.2, 0.25) is 0 Å². The average molecular weight is 644 g/mol. The average Bonchev–Trinajstić information content (AvgIpc) is 3.51. The molecule has 0 aliphatic carbocycles. The van der Waals surface area contributed by atoms with Gasteiger partial charge < -0.3 is 14.6 Å². The van der Waals surface area contributed by atoms with Crippen LogP contribution >= 0.6 is 11.8 Å². The summed E-state index contributed by atoms with van der Waals surface area (Å²) in [7, 11) is -1.84. The number of tetrazole rings is 1. The first-order chi connectivity index (χ1) is 21.9. The van der Waals surface area contributed by atoms with Crippen molar-refractivity contribution < 1.29 is 23.0 Å². The van der Waals surface area contributed by atoms with E-state index in [2.05, 4.69) is 20.2 Å². The number of aliphatic hydroxyl groups excluding tert-OH is 1. The highest BCUT2D eigenvalue weighted by atomic mass is 32.2. The first kappa shape index (κ1) is 31.1. The number of aliphatic hydroxyl groups is 1. The fourth-order valence-electron chi connectivity index (χ4n) is 5.17. The number of hydrogen-bond donors (Lipinski definition) is 2. The highest BCUT2D eigenvalue weighted by molar-refractivity contribution is 7.99. The van der Waals surface area contributed by atoms with Crippen molar-refractivity contribution in [1.82, 2.24) is 24.9 Å². The van der Waals surface area contributed by atoms with E-state index in [-0.39, 0.29) is 30.3 Å². The summed E-state index contributed by atoms with van der Waals surface area (Å²) in [4.78, 5) is 0.229. The zero-order chi connectivity index (χ0) is 31.2. The smallest absolute Gasteiger partial charge is 0.240 e. The molecule has 5 aromatic rings. The maximum absolute atomic E-state index is 12.8. The molecule has 1 aromatic heterocycles. The fraction of sp³-hybridized carbons (Fsp3) is 0.242. The molecular formula is C33H33N5O5S2. The minimum atomic E-state index is -3.65. The van der Waals surface area contributed by atoms with Crippen molar-refractivity contribution in [1.29, 1.82) is 0 Å². The minimum absolute atomic E-state index is 0.0169. The first-order valence-electron chi connectivity index (χ1n) is 14.5. The Morgan fingerprint density at radius 3 is 2.33 bits per heavy atom. The molecule has 12 heteroatoms. The van der Waals surface area contributed by atoms with Gasteiger partial charge >= 0.3 is 0 Å². The van der Waals surface area contributed by atoms with E-state index < -0.39 is 16.3 Å². The molecule has 0 spiro atoms. The molecule has 2 heterocycles. The summed E-state index contributed by atoms with van der Waals surface area (Å²) in [5.74, 6) is 0.643. The Kier molecular flexibility index (Phi) is 9.69. The van der Waals surface area contributed by atoms with Crippen LogP contribution in [0.15, 0.2) is 113 Å². The van der Waals surface area contributed by atoms with Gasteiger partial charge in [0.25, 0.3) is 0 Å². The summed E-state index contributed by atoms with van der Waals surface area (Å²) < 4.78 is 43.0. The summed E-state index contributed by atoms with van der Waals surface area (Å²) in [6.07, 6.45) is -0.298. The number of benzene rings is 4. The van der Waals surface area contributed by atoms with Gasteiger partial charge in [0.05, 0.1) is 23.7 Å². The Morgan fingerprint density at radius 2 is 1.62 bits per heavy atom. The molecule has 3 unspecified atom stereocenters. The van der Waals surface area contributed by atoms with Crippen molar-refractivity contribution >= 4 is 21.8 Å². The Balaban J connectivity index is 1.20. The van der Waals surface area contributed by atoms with Gasteiger partial charge in [-0.05, 0) is 50.4 Å². The fourth-order valence-corrected chi connectivity index (χ4v) is 7.06. The van der Waals surface area contributed by atoms with Crippen molar-refractivity contribution in [3.8, 4) is 11.1 Å². The van der Waals surface area contributed by atoms with Crippen molar-refractivity contribution in [2.24, 2.45) is 7.05 Å². The van der Waals surface area contributed by atoms with E-state index in [1.54, 1.807) is 42.1 Å². The number of hydrogen-bond acceptors (Lipinski definition) is 9. The van der Waals surface area contributed by atoms with Gasteiger partial charge in [-0.25, -0.2) is 17.8 Å². The first-order valence-corrected chi connectivity index (χ1v) is 17.0. The lowest BCUT2D eigenvalue weighted by Crippen LogP contribution is -2.31. The van der Waals surface area contributed by atoms with E-state index >= 15 is 0 Å². The highest BCUT2D eigenvalue weighted by Crippen LogP contribution is 2.40. The van der Waals surface area contributed by atoms with Gasteiger partial charge in [-0.3, -0.25) is 0 Å². The Hall–Kier alpha value is -3.91. The number of thioether (sulfide) groups is 1. The molecular weight excluding hydrogens is 611 g/mol. The molecule has 0 saturated carbocycles. The lowest BCUT2D eigenvalue weighted by Gasteiger charge is -2.36. The lowest BCUT2D eigenvalue weighted by atomic mass is 9.98. The molecule has 1 aliphatic heterocycles. The van der Waals surface area contributed by atoms with Crippen molar-refractivity contribution in [2.45, 2.75) is 48.1 Å². The molecule has 1 fully saturated rings. The molecule has 6 rings (SSSR count). The number of aromatic nitrogens is 4. The second kappa shape index (κ2) is 14.0. The van der Waals surface area contributed by atoms with Gasteiger partial charge in [-0.15, -0.1) is 5.10 Å². The van der Waals surface area contributed by atoms with Gasteiger partial charge in [-0.2, -0.15) is 0 Å². The second-order valence-corrected chi connectivity index (χ2v) is 13.4. The monoisotopic (exact) mass is 643 g/mol. The summed E-state index contributed by atoms with van der Waals surface area (Å²) in [5, 5.41) is 21.9. The lowest BCUT2D eigenvalue weighted by molar-refractivity contribution is -0.245. The third kappa shape index (κ3) is 7.50. The van der Waals surface area contributed by atoms with Gasteiger partial charge in [0.2, 0.25) is 15.2 Å². The van der Waals surface area contributed by atoms with Crippen LogP contribution in [-0.4, -0.2) is 45.6 Å². The largest absolute Gasteiger partial charge is 0.392 e. The van der Waals surface area contributed by atoms with Gasteiger partial charge in [0.15, 0.2) is 6.29 Å². The third-order valence-corrected chi connectivity index (χ3v) is 10.2. The van der Waals surface area contributed by atoms with Crippen LogP contribution in [0.1, 0.15) is 41.1 Å². The number of nitrogens with zero attached hydrogens (tertiary/aromatic N) is 4. The van der Waals surface area contributed by atoms with Crippen LogP contribution in [0.5, 0.6) is 0 Å². The van der Waals surface area contributed by atoms with Crippen LogP contribution in [0.25, 0.3) is 11.1 Å². The van der Waals surface area contributed by atoms with E-state index in [0.717, 1.165) is 33.4 Å². The normalized spacial score (nSPS) is 18.6. The maximum atomic E-state index is 12.8. The molecule has 4 aromatic carbocycles. The molecule has 0 bridgehead atoms. The Morgan fingerprint density at radius 1 is 0.911 bits per heavy atom. The number of ether oxygens (including phenoxy) is 2. The molecule has 232 valence electrons. The number of nitrogens with one attached hydrogen (secondary N) is 1. The van der Waals surface area contributed by atoms with Gasteiger partial charge in [0, 0.05) is 31.3 Å². The van der Waals surface area contributed by atoms with Crippen molar-refractivity contribution in [3.63, 3.8) is 0 Å². The van der Waals surface area contributed by atoms with Gasteiger partial charge in [-0.1, -0.05) is 103 Å². The molecule has 0 amide bonds. The third-order valence-electron chi connectivity index (χ3n) is 7.61. The van der Waals surface area contributed by atoms with Crippen LogP contribution in [0.3, 0.4) is 0 Å².